The van der Waals surface area contributed by atoms with Crippen LogP contribution in [0.1, 0.15) is 12.0 Å². The van der Waals surface area contributed by atoms with E-state index in [2.05, 4.69) is 5.16 Å². The van der Waals surface area contributed by atoms with Crippen molar-refractivity contribution >= 4 is 21.5 Å². The molecule has 1 aromatic carbocycles. The fourth-order valence-corrected chi connectivity index (χ4v) is 2.78. The van der Waals surface area contributed by atoms with Gasteiger partial charge in [0, 0.05) is 26.3 Å². The smallest absolute Gasteiger partial charge is 0.234 e. The Balaban J connectivity index is 2.84. The van der Waals surface area contributed by atoms with Gasteiger partial charge in [0.15, 0.2) is 5.84 Å². The molecule has 0 aromatic heterocycles. The largest absolute Gasteiger partial charge is 0.409 e. The number of rotatable bonds is 7. The maximum atomic E-state index is 12.1. The molecule has 0 aliphatic heterocycles. The van der Waals surface area contributed by atoms with E-state index in [0.717, 1.165) is 0 Å². The van der Waals surface area contributed by atoms with E-state index in [9.17, 15) is 8.42 Å². The van der Waals surface area contributed by atoms with Crippen LogP contribution in [-0.4, -0.2) is 46.0 Å². The predicted molar refractivity (Wildman–Crippen MR) is 77.6 cm³/mol. The molecular weight excluding hydrogens is 282 g/mol. The maximum Gasteiger partial charge on any atom is 0.234 e. The third kappa shape index (κ3) is 4.10. The molecule has 0 saturated heterocycles. The van der Waals surface area contributed by atoms with E-state index in [0.29, 0.717) is 24.3 Å². The molecule has 0 spiro atoms. The highest BCUT2D eigenvalue weighted by Gasteiger charge is 2.18. The van der Waals surface area contributed by atoms with Gasteiger partial charge >= 0.3 is 0 Å². The van der Waals surface area contributed by atoms with Crippen molar-refractivity contribution in [3.63, 3.8) is 0 Å². The molecule has 0 unspecified atom stereocenters. The molecular formula is C12H19N3O4S. The van der Waals surface area contributed by atoms with Crippen molar-refractivity contribution < 1.29 is 18.4 Å². The van der Waals surface area contributed by atoms with Crippen molar-refractivity contribution in [3.05, 3.63) is 29.8 Å². The first-order valence-electron chi connectivity index (χ1n) is 5.96. The van der Waals surface area contributed by atoms with Gasteiger partial charge in [-0.3, -0.25) is 4.31 Å². The van der Waals surface area contributed by atoms with E-state index >= 15 is 0 Å². The summed E-state index contributed by atoms with van der Waals surface area (Å²) >= 11 is 0. The molecule has 0 atom stereocenters. The van der Waals surface area contributed by atoms with Crippen LogP contribution < -0.4 is 10.0 Å². The van der Waals surface area contributed by atoms with E-state index in [1.54, 1.807) is 24.3 Å². The van der Waals surface area contributed by atoms with E-state index in [1.165, 1.54) is 18.5 Å². The topological polar surface area (TPSA) is 105 Å². The zero-order valence-electron chi connectivity index (χ0n) is 11.5. The zero-order chi connectivity index (χ0) is 15.2. The van der Waals surface area contributed by atoms with Gasteiger partial charge in [0.2, 0.25) is 10.0 Å². The van der Waals surface area contributed by atoms with Gasteiger partial charge in [-0.2, -0.15) is 0 Å². The second-order valence-electron chi connectivity index (χ2n) is 4.16. The van der Waals surface area contributed by atoms with Crippen LogP contribution in [0, 0.1) is 0 Å². The number of anilines is 1. The zero-order valence-corrected chi connectivity index (χ0v) is 12.3. The Morgan fingerprint density at radius 3 is 2.50 bits per heavy atom. The average Bonchev–Trinajstić information content (AvgIpc) is 2.46. The Labute approximate surface area is 118 Å². The molecule has 8 heteroatoms. The summed E-state index contributed by atoms with van der Waals surface area (Å²) in [6, 6.07) is 6.37. The summed E-state index contributed by atoms with van der Waals surface area (Å²) < 4.78 is 30.2. The fraction of sp³-hybridized carbons (Fsp3) is 0.417. The normalized spacial score (nSPS) is 12.4. The number of amidine groups is 1. The quantitative estimate of drug-likeness (QED) is 0.252. The SMILES string of the molecule is COCCCS(=O)(=O)N(C)c1ccc(C(N)=NO)cc1. The van der Waals surface area contributed by atoms with Gasteiger partial charge in [0.05, 0.1) is 11.4 Å². The summed E-state index contributed by atoms with van der Waals surface area (Å²) in [5, 5.41) is 11.4. The van der Waals surface area contributed by atoms with Crippen LogP contribution in [0.3, 0.4) is 0 Å². The van der Waals surface area contributed by atoms with Crippen molar-refractivity contribution in [1.29, 1.82) is 0 Å². The Kier molecular flexibility index (Phi) is 5.78. The lowest BCUT2D eigenvalue weighted by Crippen LogP contribution is -2.29. The number of sulfonamides is 1. The van der Waals surface area contributed by atoms with E-state index in [4.69, 9.17) is 15.7 Å². The van der Waals surface area contributed by atoms with Crippen molar-refractivity contribution in [3.8, 4) is 0 Å². The number of methoxy groups -OCH3 is 1. The molecule has 112 valence electrons. The van der Waals surface area contributed by atoms with Crippen molar-refractivity contribution in [1.82, 2.24) is 0 Å². The molecule has 3 N–H and O–H groups in total. The summed E-state index contributed by atoms with van der Waals surface area (Å²) in [4.78, 5) is 0. The second kappa shape index (κ2) is 7.11. The van der Waals surface area contributed by atoms with Gasteiger partial charge in [0.1, 0.15) is 0 Å². The molecule has 1 aromatic rings. The van der Waals surface area contributed by atoms with E-state index < -0.39 is 10.0 Å². The van der Waals surface area contributed by atoms with Crippen molar-refractivity contribution in [2.24, 2.45) is 10.9 Å². The minimum atomic E-state index is -3.38. The molecule has 0 amide bonds. The number of nitrogens with two attached hydrogens (primary N) is 1. The molecule has 0 aliphatic rings. The molecule has 0 heterocycles. The van der Waals surface area contributed by atoms with E-state index in [-0.39, 0.29) is 11.6 Å². The summed E-state index contributed by atoms with van der Waals surface area (Å²) in [5.74, 6) is -0.0126. The first kappa shape index (κ1) is 16.3. The third-order valence-electron chi connectivity index (χ3n) is 2.80. The monoisotopic (exact) mass is 301 g/mol. The minimum absolute atomic E-state index is 0.0132. The number of hydrogen-bond acceptors (Lipinski definition) is 5. The standard InChI is InChI=1S/C12H19N3O4S/c1-15(20(17,18)9-3-8-19-2)11-6-4-10(5-7-11)12(13)14-16/h4-7,16H,3,8-9H2,1-2H3,(H2,13,14). The first-order valence-corrected chi connectivity index (χ1v) is 7.57. The lowest BCUT2D eigenvalue weighted by atomic mass is 10.2. The predicted octanol–water partition coefficient (Wildman–Crippen LogP) is 0.584. The summed E-state index contributed by atoms with van der Waals surface area (Å²) in [7, 11) is -0.365. The van der Waals surface area contributed by atoms with Crippen LogP contribution in [0.25, 0.3) is 0 Å². The second-order valence-corrected chi connectivity index (χ2v) is 6.28. The molecule has 0 aliphatic carbocycles. The molecule has 0 radical (unpaired) electrons. The number of benzene rings is 1. The van der Waals surface area contributed by atoms with Crippen LogP contribution in [0.5, 0.6) is 0 Å². The highest BCUT2D eigenvalue weighted by atomic mass is 32.2. The Hall–Kier alpha value is -1.80. The lowest BCUT2D eigenvalue weighted by Gasteiger charge is -2.19. The Morgan fingerprint density at radius 2 is 2.00 bits per heavy atom. The van der Waals surface area contributed by atoms with Crippen LogP contribution in [0.2, 0.25) is 0 Å². The highest BCUT2D eigenvalue weighted by Crippen LogP contribution is 2.17. The van der Waals surface area contributed by atoms with Crippen LogP contribution in [0.4, 0.5) is 5.69 Å². The number of oxime groups is 1. The maximum absolute atomic E-state index is 12.1. The van der Waals surface area contributed by atoms with E-state index in [1.807, 2.05) is 0 Å². The molecule has 0 saturated carbocycles. The first-order chi connectivity index (χ1) is 9.42. The fourth-order valence-electron chi connectivity index (χ4n) is 1.58. The minimum Gasteiger partial charge on any atom is -0.409 e. The number of ether oxygens (including phenoxy) is 1. The Bertz CT molecular complexity index is 555. The molecule has 7 nitrogen and oxygen atoms in total. The van der Waals surface area contributed by atoms with Gasteiger partial charge in [-0.1, -0.05) is 5.16 Å². The van der Waals surface area contributed by atoms with Gasteiger partial charge in [-0.05, 0) is 30.7 Å². The molecule has 0 bridgehead atoms. The van der Waals surface area contributed by atoms with Crippen LogP contribution >= 0.6 is 0 Å². The summed E-state index contributed by atoms with van der Waals surface area (Å²) in [6.45, 7) is 0.398. The van der Waals surface area contributed by atoms with Crippen LogP contribution in [0.15, 0.2) is 29.4 Å². The van der Waals surface area contributed by atoms with Gasteiger partial charge in [-0.15, -0.1) is 0 Å². The van der Waals surface area contributed by atoms with Crippen LogP contribution in [-0.2, 0) is 14.8 Å². The van der Waals surface area contributed by atoms with Gasteiger partial charge in [0.25, 0.3) is 0 Å². The highest BCUT2D eigenvalue weighted by molar-refractivity contribution is 7.92. The summed E-state index contributed by atoms with van der Waals surface area (Å²) in [6.07, 6.45) is 0.436. The third-order valence-corrected chi connectivity index (χ3v) is 4.65. The van der Waals surface area contributed by atoms with Crippen molar-refractivity contribution in [2.75, 3.05) is 30.8 Å². The number of hydrogen-bond donors (Lipinski definition) is 2. The lowest BCUT2D eigenvalue weighted by molar-refractivity contribution is 0.199. The van der Waals surface area contributed by atoms with Crippen molar-refractivity contribution in [2.45, 2.75) is 6.42 Å². The molecule has 0 fully saturated rings. The van der Waals surface area contributed by atoms with Gasteiger partial charge in [-0.25, -0.2) is 8.42 Å². The summed E-state index contributed by atoms with van der Waals surface area (Å²) in [5.41, 5.74) is 6.47. The average molecular weight is 301 g/mol. The molecule has 1 rings (SSSR count). The number of nitrogens with zero attached hydrogens (tertiary/aromatic N) is 2. The molecule has 20 heavy (non-hydrogen) atoms. The van der Waals surface area contributed by atoms with Gasteiger partial charge < -0.3 is 15.7 Å². The Morgan fingerprint density at radius 1 is 1.40 bits per heavy atom.